The molecule has 0 radical (unpaired) electrons. The fourth-order valence-corrected chi connectivity index (χ4v) is 3.88. The van der Waals surface area contributed by atoms with Crippen LogP contribution in [0.1, 0.15) is 11.1 Å². The number of hydrogen-bond donors (Lipinski definition) is 1. The Morgan fingerprint density at radius 3 is 2.29 bits per heavy atom. The monoisotopic (exact) mass is 475 g/mol. The van der Waals surface area contributed by atoms with E-state index in [1.54, 1.807) is 25.1 Å². The van der Waals surface area contributed by atoms with E-state index in [-0.39, 0.29) is 0 Å². The van der Waals surface area contributed by atoms with Crippen LogP contribution in [-0.4, -0.2) is 17.6 Å². The average molecular weight is 474 g/mol. The maximum atomic E-state index is 5.23. The molecule has 2 aromatic carbocycles. The molecule has 2 nitrogen and oxygen atoms in total. The second-order valence-electron chi connectivity index (χ2n) is 4.28. The van der Waals surface area contributed by atoms with E-state index in [0.717, 1.165) is 10.6 Å². The van der Waals surface area contributed by atoms with Crippen LogP contribution in [-0.2, 0) is 22.9 Å². The Balaban J connectivity index is 2.17. The van der Waals surface area contributed by atoms with Gasteiger partial charge in [0.25, 0.3) is 0 Å². The Morgan fingerprint density at radius 2 is 1.71 bits per heavy atom. The van der Waals surface area contributed by atoms with Gasteiger partial charge in [-0.3, -0.25) is 0 Å². The van der Waals surface area contributed by atoms with E-state index in [9.17, 15) is 0 Å². The molecule has 0 aliphatic rings. The first-order chi connectivity index (χ1) is 10.2. The van der Waals surface area contributed by atoms with Crippen molar-refractivity contribution >= 4 is 25.8 Å². The molecule has 0 saturated heterocycles. The van der Waals surface area contributed by atoms with Gasteiger partial charge in [-0.1, -0.05) is 0 Å². The number of ether oxygens (including phenoxy) is 1. The molecule has 0 aliphatic heterocycles. The Hall–Kier alpha value is -1.36. The van der Waals surface area contributed by atoms with Crippen molar-refractivity contribution < 1.29 is 22.9 Å². The second kappa shape index (κ2) is 8.17. The third kappa shape index (κ3) is 4.56. The van der Waals surface area contributed by atoms with Crippen LogP contribution in [0, 0.1) is 0 Å². The number of methoxy groups -OCH3 is 1. The predicted molar refractivity (Wildman–Crippen MR) is 89.1 cm³/mol. The molecular formula is C17H17NOOsS. The Morgan fingerprint density at radius 1 is 1.05 bits per heavy atom. The van der Waals surface area contributed by atoms with Crippen LogP contribution >= 0.6 is 11.8 Å². The third-order valence-electron chi connectivity index (χ3n) is 2.87. The van der Waals surface area contributed by atoms with Crippen molar-refractivity contribution in [1.29, 1.82) is 0 Å². The molecule has 0 fully saturated rings. The molecule has 1 N–H and O–H groups in total. The normalized spacial score (nSPS) is 11.1. The van der Waals surface area contributed by atoms with Crippen molar-refractivity contribution in [2.45, 2.75) is 0 Å². The van der Waals surface area contributed by atoms with Gasteiger partial charge in [-0.15, -0.1) is 0 Å². The van der Waals surface area contributed by atoms with E-state index >= 15 is 0 Å². The van der Waals surface area contributed by atoms with Crippen molar-refractivity contribution in [2.24, 2.45) is 0 Å². The summed E-state index contributed by atoms with van der Waals surface area (Å²) in [5.74, 6) is 0. The zero-order valence-electron chi connectivity index (χ0n) is 11.9. The maximum absolute atomic E-state index is 5.23. The van der Waals surface area contributed by atoms with Crippen LogP contribution in [0.25, 0.3) is 4.91 Å². The molecule has 21 heavy (non-hydrogen) atoms. The molecule has 0 amide bonds. The molecule has 0 aliphatic carbocycles. The van der Waals surface area contributed by atoms with E-state index in [1.807, 2.05) is 43.4 Å². The fraction of sp³-hybridized carbons (Fsp3) is 0.118. The quantitative estimate of drug-likeness (QED) is 0.638. The SMILES string of the molecule is CNc1ccc([C](=[Os])SC(=COC)c2ccccc2)cc1. The average Bonchev–Trinajstić information content (AvgIpc) is 2.55. The summed E-state index contributed by atoms with van der Waals surface area (Å²) in [6.45, 7) is 0. The predicted octanol–water partition coefficient (Wildman–Crippen LogP) is 4.13. The molecular weight excluding hydrogens is 456 g/mol. The van der Waals surface area contributed by atoms with Gasteiger partial charge < -0.3 is 0 Å². The number of hydrogen-bond acceptors (Lipinski definition) is 3. The molecule has 2 aromatic rings. The topological polar surface area (TPSA) is 21.3 Å². The van der Waals surface area contributed by atoms with Crippen molar-refractivity contribution in [2.75, 3.05) is 19.5 Å². The zero-order chi connectivity index (χ0) is 15.1. The summed E-state index contributed by atoms with van der Waals surface area (Å²) in [5.41, 5.74) is 3.52. The molecule has 0 aromatic heterocycles. The molecule has 0 bridgehead atoms. The summed E-state index contributed by atoms with van der Waals surface area (Å²) in [6, 6.07) is 18.7. The number of anilines is 1. The van der Waals surface area contributed by atoms with E-state index in [0.29, 0.717) is 0 Å². The van der Waals surface area contributed by atoms with Gasteiger partial charge in [0.15, 0.2) is 0 Å². The first-order valence-electron chi connectivity index (χ1n) is 6.50. The van der Waals surface area contributed by atoms with Crippen LogP contribution in [0.4, 0.5) is 5.69 Å². The third-order valence-corrected chi connectivity index (χ3v) is 5.35. The number of nitrogens with one attached hydrogen (secondary N) is 1. The van der Waals surface area contributed by atoms with Gasteiger partial charge >= 0.3 is 140 Å². The minimum absolute atomic E-state index is 1.11. The Labute approximate surface area is 140 Å². The second-order valence-corrected chi connectivity index (χ2v) is 7.46. The van der Waals surface area contributed by atoms with Crippen LogP contribution in [0.2, 0.25) is 0 Å². The van der Waals surface area contributed by atoms with Gasteiger partial charge in [0.1, 0.15) is 0 Å². The summed E-state index contributed by atoms with van der Waals surface area (Å²) < 4.78 is 6.50. The van der Waals surface area contributed by atoms with E-state index in [1.165, 1.54) is 14.5 Å². The van der Waals surface area contributed by atoms with Crippen molar-refractivity contribution in [1.82, 2.24) is 0 Å². The Kier molecular flexibility index (Phi) is 6.23. The number of benzene rings is 2. The minimum atomic E-state index is 1.11. The molecule has 0 spiro atoms. The van der Waals surface area contributed by atoms with Crippen molar-refractivity contribution in [3.8, 4) is 0 Å². The first kappa shape index (κ1) is 16.0. The summed E-state index contributed by atoms with van der Waals surface area (Å²) in [6.07, 6.45) is 1.80. The standard InChI is InChI=1S/C17H17NOS.Os/c1-18-16-10-8-14(9-11-16)13-20-17(12-19-2)15-6-4-3-5-7-15;/h3-12,18H,1-2H3;. The molecule has 2 rings (SSSR count). The van der Waals surface area contributed by atoms with Crippen LogP contribution < -0.4 is 5.32 Å². The number of rotatable bonds is 6. The first-order valence-corrected chi connectivity index (χ1v) is 8.59. The van der Waals surface area contributed by atoms with E-state index in [2.05, 4.69) is 41.7 Å². The van der Waals surface area contributed by atoms with Gasteiger partial charge in [0.2, 0.25) is 0 Å². The molecule has 0 heterocycles. The number of thioether (sulfide) groups is 1. The Bertz CT molecular complexity index is 623. The van der Waals surface area contributed by atoms with E-state index in [4.69, 9.17) is 4.74 Å². The molecule has 0 unspecified atom stereocenters. The zero-order valence-corrected chi connectivity index (χ0v) is 15.3. The van der Waals surface area contributed by atoms with Crippen molar-refractivity contribution in [3.05, 3.63) is 72.0 Å². The van der Waals surface area contributed by atoms with Gasteiger partial charge in [0.05, 0.1) is 0 Å². The fourth-order valence-electron chi connectivity index (χ4n) is 1.78. The molecule has 0 saturated carbocycles. The van der Waals surface area contributed by atoms with E-state index < -0.39 is 0 Å². The molecule has 110 valence electrons. The summed E-state index contributed by atoms with van der Waals surface area (Å²) >= 11 is 3.64. The van der Waals surface area contributed by atoms with Crippen molar-refractivity contribution in [3.63, 3.8) is 0 Å². The van der Waals surface area contributed by atoms with Crippen LogP contribution in [0.15, 0.2) is 60.9 Å². The van der Waals surface area contributed by atoms with Gasteiger partial charge in [0, 0.05) is 0 Å². The summed E-state index contributed by atoms with van der Waals surface area (Å²) in [4.78, 5) is 1.11. The summed E-state index contributed by atoms with van der Waals surface area (Å²) in [5, 5.41) is 3.13. The van der Waals surface area contributed by atoms with Gasteiger partial charge in [-0.05, 0) is 0 Å². The van der Waals surface area contributed by atoms with Gasteiger partial charge in [-0.2, -0.15) is 0 Å². The van der Waals surface area contributed by atoms with Crippen LogP contribution in [0.5, 0.6) is 0 Å². The summed E-state index contributed by atoms with van der Waals surface area (Å²) in [7, 11) is 3.61. The van der Waals surface area contributed by atoms with Crippen LogP contribution in [0.3, 0.4) is 0 Å². The molecule has 4 heteroatoms. The van der Waals surface area contributed by atoms with Gasteiger partial charge in [-0.25, -0.2) is 0 Å². The molecule has 0 atom stereocenters.